The normalized spacial score (nSPS) is 18.0. The van der Waals surface area contributed by atoms with Gasteiger partial charge in [0.1, 0.15) is 0 Å². The molecule has 1 aliphatic rings. The lowest BCUT2D eigenvalue weighted by atomic mass is 9.92. The highest BCUT2D eigenvalue weighted by molar-refractivity contribution is 7.71. The predicted molar refractivity (Wildman–Crippen MR) is 98.1 cm³/mol. The summed E-state index contributed by atoms with van der Waals surface area (Å²) in [7, 11) is 0. The van der Waals surface area contributed by atoms with E-state index in [0.29, 0.717) is 5.92 Å². The molecular weight excluding hydrogens is 320 g/mol. The second kappa shape index (κ2) is 7.59. The van der Waals surface area contributed by atoms with Gasteiger partial charge in [0.2, 0.25) is 0 Å². The molecule has 0 aliphatic carbocycles. The molecule has 0 saturated carbocycles. The first-order valence-corrected chi connectivity index (χ1v) is 9.14. The van der Waals surface area contributed by atoms with E-state index in [1.807, 2.05) is 29.8 Å². The van der Waals surface area contributed by atoms with Crippen LogP contribution in [0.3, 0.4) is 0 Å². The van der Waals surface area contributed by atoms with E-state index in [4.69, 9.17) is 17.3 Å². The molecule has 3 rings (SSSR count). The Labute approximate surface area is 148 Å². The molecule has 5 nitrogen and oxygen atoms in total. The van der Waals surface area contributed by atoms with Crippen molar-refractivity contribution in [3.05, 3.63) is 35.1 Å². The third kappa shape index (κ3) is 3.61. The Balaban J connectivity index is 1.78. The maximum Gasteiger partial charge on any atom is 0.199 e. The Kier molecular flexibility index (Phi) is 5.48. The number of hydrogen-bond acceptors (Lipinski definition) is 4. The summed E-state index contributed by atoms with van der Waals surface area (Å²) in [6.07, 6.45) is 1.86. The first-order chi connectivity index (χ1) is 11.6. The van der Waals surface area contributed by atoms with Gasteiger partial charge in [-0.2, -0.15) is 5.10 Å². The molecule has 1 fully saturated rings. The number of rotatable bonds is 5. The van der Waals surface area contributed by atoms with Crippen molar-refractivity contribution >= 4 is 12.2 Å². The van der Waals surface area contributed by atoms with E-state index in [2.05, 4.69) is 28.5 Å². The van der Waals surface area contributed by atoms with Crippen LogP contribution in [0.25, 0.3) is 11.4 Å². The number of aliphatic hydroxyl groups excluding tert-OH is 1. The lowest BCUT2D eigenvalue weighted by Crippen LogP contribution is -2.38. The Morgan fingerprint density at radius 1 is 1.25 bits per heavy atom. The number of nitrogens with zero attached hydrogens (tertiary/aromatic N) is 4. The minimum atomic E-state index is -0.210. The zero-order chi connectivity index (χ0) is 17.1. The monoisotopic (exact) mass is 346 g/mol. The van der Waals surface area contributed by atoms with Crippen LogP contribution < -0.4 is 0 Å². The highest BCUT2D eigenvalue weighted by atomic mass is 32.1. The molecule has 2 aromatic rings. The Bertz CT molecular complexity index is 714. The molecule has 1 N–H and O–H groups in total. The molecule has 1 atom stereocenters. The van der Waals surface area contributed by atoms with Gasteiger partial charge in [0.25, 0.3) is 0 Å². The standard InChI is InChI=1S/C18H26N4OS/c1-3-21-17(16-7-5-4-6-8-16)19-22(18(21)24)13-20-11-9-15(10-12-20)14(2)23/h4-8,14-15,23H,3,9-13H2,1-2H3. The number of aliphatic hydroxyl groups is 1. The van der Waals surface area contributed by atoms with Gasteiger partial charge in [0.05, 0.1) is 12.8 Å². The van der Waals surface area contributed by atoms with E-state index < -0.39 is 0 Å². The maximum absolute atomic E-state index is 9.74. The van der Waals surface area contributed by atoms with Crippen molar-refractivity contribution < 1.29 is 5.11 Å². The highest BCUT2D eigenvalue weighted by Crippen LogP contribution is 2.22. The zero-order valence-electron chi connectivity index (χ0n) is 14.4. The van der Waals surface area contributed by atoms with E-state index in [1.165, 1.54) is 0 Å². The van der Waals surface area contributed by atoms with Crippen molar-refractivity contribution in [1.29, 1.82) is 0 Å². The summed E-state index contributed by atoms with van der Waals surface area (Å²) in [4.78, 5) is 2.37. The van der Waals surface area contributed by atoms with Crippen LogP contribution in [0.4, 0.5) is 0 Å². The number of likely N-dealkylation sites (tertiary alicyclic amines) is 1. The van der Waals surface area contributed by atoms with Crippen LogP contribution in [0.5, 0.6) is 0 Å². The molecule has 0 radical (unpaired) electrons. The molecule has 6 heteroatoms. The van der Waals surface area contributed by atoms with Gasteiger partial charge in [-0.3, -0.25) is 4.90 Å². The molecule has 0 spiro atoms. The van der Waals surface area contributed by atoms with Crippen LogP contribution in [-0.4, -0.2) is 43.5 Å². The summed E-state index contributed by atoms with van der Waals surface area (Å²) in [5, 5.41) is 14.5. The summed E-state index contributed by atoms with van der Waals surface area (Å²) >= 11 is 5.64. The van der Waals surface area contributed by atoms with Crippen LogP contribution in [0, 0.1) is 10.7 Å². The first kappa shape index (κ1) is 17.3. The lowest BCUT2D eigenvalue weighted by molar-refractivity contribution is 0.0591. The fraction of sp³-hybridized carbons (Fsp3) is 0.556. The molecule has 0 bridgehead atoms. The first-order valence-electron chi connectivity index (χ1n) is 8.73. The molecule has 1 saturated heterocycles. The Morgan fingerprint density at radius 3 is 2.50 bits per heavy atom. The van der Waals surface area contributed by atoms with Gasteiger partial charge in [-0.1, -0.05) is 30.3 Å². The quantitative estimate of drug-likeness (QED) is 0.845. The fourth-order valence-corrected chi connectivity index (χ4v) is 3.70. The predicted octanol–water partition coefficient (Wildman–Crippen LogP) is 3.15. The summed E-state index contributed by atoms with van der Waals surface area (Å²) < 4.78 is 4.80. The topological polar surface area (TPSA) is 46.2 Å². The van der Waals surface area contributed by atoms with Gasteiger partial charge < -0.3 is 9.67 Å². The molecule has 2 heterocycles. The Morgan fingerprint density at radius 2 is 1.92 bits per heavy atom. The van der Waals surface area contributed by atoms with E-state index in [9.17, 15) is 5.11 Å². The molecule has 24 heavy (non-hydrogen) atoms. The van der Waals surface area contributed by atoms with E-state index in [1.54, 1.807) is 0 Å². The van der Waals surface area contributed by atoms with Gasteiger partial charge in [0, 0.05) is 25.2 Å². The van der Waals surface area contributed by atoms with Gasteiger partial charge in [-0.15, -0.1) is 0 Å². The van der Waals surface area contributed by atoms with Gasteiger partial charge in [-0.05, 0) is 44.8 Å². The number of benzene rings is 1. The van der Waals surface area contributed by atoms with E-state index in [-0.39, 0.29) is 6.10 Å². The van der Waals surface area contributed by atoms with Gasteiger partial charge >= 0.3 is 0 Å². The minimum absolute atomic E-state index is 0.210. The molecule has 0 amide bonds. The second-order valence-electron chi connectivity index (χ2n) is 6.55. The SMILES string of the molecule is CCn1c(-c2ccccc2)nn(CN2CCC(C(C)O)CC2)c1=S. The number of hydrogen-bond donors (Lipinski definition) is 1. The third-order valence-electron chi connectivity index (χ3n) is 4.92. The van der Waals surface area contributed by atoms with E-state index in [0.717, 1.165) is 55.3 Å². The average Bonchev–Trinajstić information content (AvgIpc) is 2.92. The zero-order valence-corrected chi connectivity index (χ0v) is 15.2. The van der Waals surface area contributed by atoms with Crippen molar-refractivity contribution in [2.75, 3.05) is 13.1 Å². The number of aromatic nitrogens is 3. The third-order valence-corrected chi connectivity index (χ3v) is 5.35. The largest absolute Gasteiger partial charge is 0.393 e. The van der Waals surface area contributed by atoms with Crippen molar-refractivity contribution in [3.8, 4) is 11.4 Å². The van der Waals surface area contributed by atoms with Crippen LogP contribution in [0.1, 0.15) is 26.7 Å². The molecule has 1 aliphatic heterocycles. The smallest absolute Gasteiger partial charge is 0.199 e. The maximum atomic E-state index is 9.74. The second-order valence-corrected chi connectivity index (χ2v) is 6.92. The molecule has 1 unspecified atom stereocenters. The summed E-state index contributed by atoms with van der Waals surface area (Å²) in [5.41, 5.74) is 1.09. The van der Waals surface area contributed by atoms with Crippen LogP contribution in [0.2, 0.25) is 0 Å². The molecular formula is C18H26N4OS. The summed E-state index contributed by atoms with van der Waals surface area (Å²) in [5.74, 6) is 1.35. The van der Waals surface area contributed by atoms with Gasteiger partial charge in [0.15, 0.2) is 10.6 Å². The Hall–Kier alpha value is -1.50. The van der Waals surface area contributed by atoms with E-state index >= 15 is 0 Å². The highest BCUT2D eigenvalue weighted by Gasteiger charge is 2.23. The summed E-state index contributed by atoms with van der Waals surface area (Å²) in [6, 6.07) is 10.2. The van der Waals surface area contributed by atoms with Crippen LogP contribution in [-0.2, 0) is 13.2 Å². The lowest BCUT2D eigenvalue weighted by Gasteiger charge is -2.32. The average molecular weight is 347 g/mol. The van der Waals surface area contributed by atoms with Crippen molar-refractivity contribution in [1.82, 2.24) is 19.2 Å². The fourth-order valence-electron chi connectivity index (χ4n) is 3.39. The van der Waals surface area contributed by atoms with Crippen LogP contribution in [0.15, 0.2) is 30.3 Å². The van der Waals surface area contributed by atoms with Crippen molar-refractivity contribution in [2.45, 2.75) is 46.0 Å². The molecule has 1 aromatic carbocycles. The molecule has 1 aromatic heterocycles. The minimum Gasteiger partial charge on any atom is -0.393 e. The van der Waals surface area contributed by atoms with Crippen LogP contribution >= 0.6 is 12.2 Å². The number of piperidine rings is 1. The molecule has 130 valence electrons. The summed E-state index contributed by atoms with van der Waals surface area (Å²) in [6.45, 7) is 7.49. The van der Waals surface area contributed by atoms with Crippen molar-refractivity contribution in [2.24, 2.45) is 5.92 Å². The van der Waals surface area contributed by atoms with Gasteiger partial charge in [-0.25, -0.2) is 4.68 Å². The van der Waals surface area contributed by atoms with Crippen molar-refractivity contribution in [3.63, 3.8) is 0 Å².